The van der Waals surface area contributed by atoms with Crippen molar-refractivity contribution in [3.8, 4) is 0 Å². The summed E-state index contributed by atoms with van der Waals surface area (Å²) in [4.78, 5) is 28.0. The lowest BCUT2D eigenvalue weighted by Crippen LogP contribution is -2.51. The molecular formula is C24H30Cl2N2O2. The SMILES string of the molecule is CC[C@@H](C)NC(=O)[C@H](CC)N(Cc1ccccc1C)C(=O)Cc1ccc(Cl)c(Cl)c1. The molecule has 0 aliphatic rings. The summed E-state index contributed by atoms with van der Waals surface area (Å²) >= 11 is 12.1. The molecule has 0 aromatic heterocycles. The van der Waals surface area contributed by atoms with Gasteiger partial charge in [-0.25, -0.2) is 0 Å². The Kier molecular flexibility index (Phi) is 9.19. The van der Waals surface area contributed by atoms with Crippen LogP contribution in [0.4, 0.5) is 0 Å². The first-order chi connectivity index (χ1) is 14.3. The van der Waals surface area contributed by atoms with Gasteiger partial charge in [0, 0.05) is 12.6 Å². The minimum absolute atomic E-state index is 0.0528. The number of halogens is 2. The molecule has 0 radical (unpaired) electrons. The fraction of sp³-hybridized carbons (Fsp3) is 0.417. The lowest BCUT2D eigenvalue weighted by Gasteiger charge is -2.32. The van der Waals surface area contributed by atoms with Gasteiger partial charge in [-0.3, -0.25) is 9.59 Å². The van der Waals surface area contributed by atoms with Crippen LogP contribution in [0.2, 0.25) is 10.0 Å². The highest BCUT2D eigenvalue weighted by molar-refractivity contribution is 6.42. The van der Waals surface area contributed by atoms with E-state index in [1.54, 1.807) is 23.1 Å². The number of hydrogen-bond donors (Lipinski definition) is 1. The van der Waals surface area contributed by atoms with Crippen molar-refractivity contribution in [2.24, 2.45) is 0 Å². The summed E-state index contributed by atoms with van der Waals surface area (Å²) in [6, 6.07) is 12.6. The first kappa shape index (κ1) is 24.2. The Morgan fingerprint density at radius 2 is 1.73 bits per heavy atom. The van der Waals surface area contributed by atoms with Gasteiger partial charge >= 0.3 is 0 Å². The molecule has 6 heteroatoms. The van der Waals surface area contributed by atoms with Crippen molar-refractivity contribution in [3.63, 3.8) is 0 Å². The van der Waals surface area contributed by atoms with E-state index in [2.05, 4.69) is 5.32 Å². The summed E-state index contributed by atoms with van der Waals surface area (Å²) in [5.41, 5.74) is 2.87. The van der Waals surface area contributed by atoms with Crippen molar-refractivity contribution in [3.05, 3.63) is 69.2 Å². The van der Waals surface area contributed by atoms with Crippen LogP contribution < -0.4 is 5.32 Å². The van der Waals surface area contributed by atoms with Crippen LogP contribution >= 0.6 is 23.2 Å². The Morgan fingerprint density at radius 1 is 1.03 bits per heavy atom. The van der Waals surface area contributed by atoms with Crippen LogP contribution in [0.5, 0.6) is 0 Å². The molecular weight excluding hydrogens is 419 g/mol. The highest BCUT2D eigenvalue weighted by atomic mass is 35.5. The van der Waals surface area contributed by atoms with E-state index in [4.69, 9.17) is 23.2 Å². The van der Waals surface area contributed by atoms with E-state index in [-0.39, 0.29) is 24.3 Å². The molecule has 2 amide bonds. The lowest BCUT2D eigenvalue weighted by molar-refractivity contribution is -0.141. The van der Waals surface area contributed by atoms with Crippen LogP contribution in [-0.2, 0) is 22.6 Å². The number of amides is 2. The van der Waals surface area contributed by atoms with Crippen LogP contribution in [0.15, 0.2) is 42.5 Å². The Bertz CT molecular complexity index is 885. The van der Waals surface area contributed by atoms with Gasteiger partial charge in [-0.2, -0.15) is 0 Å². The molecule has 0 bridgehead atoms. The van der Waals surface area contributed by atoms with Crippen molar-refractivity contribution in [2.45, 2.75) is 65.6 Å². The second-order valence-corrected chi connectivity index (χ2v) is 8.43. The quantitative estimate of drug-likeness (QED) is 0.545. The number of carbonyl (C=O) groups excluding carboxylic acids is 2. The molecule has 0 unspecified atom stereocenters. The molecule has 2 aromatic rings. The molecule has 0 saturated carbocycles. The summed E-state index contributed by atoms with van der Waals surface area (Å²) in [6.07, 6.45) is 1.51. The normalized spacial score (nSPS) is 12.9. The number of benzene rings is 2. The zero-order chi connectivity index (χ0) is 22.3. The fourth-order valence-electron chi connectivity index (χ4n) is 3.26. The van der Waals surface area contributed by atoms with Gasteiger partial charge in [0.25, 0.3) is 0 Å². The third-order valence-electron chi connectivity index (χ3n) is 5.33. The van der Waals surface area contributed by atoms with Gasteiger partial charge in [0.15, 0.2) is 0 Å². The predicted octanol–water partition coefficient (Wildman–Crippen LogP) is 5.57. The molecule has 30 heavy (non-hydrogen) atoms. The molecule has 0 aliphatic carbocycles. The van der Waals surface area contributed by atoms with Gasteiger partial charge in [0.05, 0.1) is 16.5 Å². The predicted molar refractivity (Wildman–Crippen MR) is 124 cm³/mol. The second-order valence-electron chi connectivity index (χ2n) is 7.62. The maximum absolute atomic E-state index is 13.4. The van der Waals surface area contributed by atoms with E-state index >= 15 is 0 Å². The number of nitrogens with zero attached hydrogens (tertiary/aromatic N) is 1. The average molecular weight is 449 g/mol. The third-order valence-corrected chi connectivity index (χ3v) is 6.07. The van der Waals surface area contributed by atoms with E-state index < -0.39 is 6.04 Å². The van der Waals surface area contributed by atoms with Gasteiger partial charge in [-0.15, -0.1) is 0 Å². The van der Waals surface area contributed by atoms with Crippen LogP contribution in [0.1, 0.15) is 50.3 Å². The van der Waals surface area contributed by atoms with E-state index in [0.29, 0.717) is 23.0 Å². The van der Waals surface area contributed by atoms with E-state index in [9.17, 15) is 9.59 Å². The van der Waals surface area contributed by atoms with Gasteiger partial charge < -0.3 is 10.2 Å². The third kappa shape index (κ3) is 6.48. The Hall–Kier alpha value is -2.04. The van der Waals surface area contributed by atoms with Gasteiger partial charge in [-0.1, -0.05) is 67.4 Å². The lowest BCUT2D eigenvalue weighted by atomic mass is 10.0. The fourth-order valence-corrected chi connectivity index (χ4v) is 3.58. The van der Waals surface area contributed by atoms with Gasteiger partial charge in [0.2, 0.25) is 11.8 Å². The zero-order valence-corrected chi connectivity index (χ0v) is 19.6. The molecule has 0 spiro atoms. The smallest absolute Gasteiger partial charge is 0.243 e. The van der Waals surface area contributed by atoms with Crippen LogP contribution in [0.25, 0.3) is 0 Å². The standard InChI is InChI=1S/C24H30Cl2N2O2/c1-5-17(4)27-24(30)22(6-2)28(15-19-10-8-7-9-16(19)3)23(29)14-18-11-12-20(25)21(26)13-18/h7-13,17,22H,5-6,14-15H2,1-4H3,(H,27,30)/t17-,22+/m1/s1. The number of hydrogen-bond acceptors (Lipinski definition) is 2. The molecule has 1 N–H and O–H groups in total. The topological polar surface area (TPSA) is 49.4 Å². The largest absolute Gasteiger partial charge is 0.352 e. The molecule has 0 fully saturated rings. The molecule has 2 rings (SSSR count). The summed E-state index contributed by atoms with van der Waals surface area (Å²) in [5.74, 6) is -0.245. The number of aryl methyl sites for hydroxylation is 1. The van der Waals surface area contributed by atoms with Crippen LogP contribution in [0.3, 0.4) is 0 Å². The zero-order valence-electron chi connectivity index (χ0n) is 18.0. The summed E-state index contributed by atoms with van der Waals surface area (Å²) < 4.78 is 0. The molecule has 0 aliphatic heterocycles. The highest BCUT2D eigenvalue weighted by Crippen LogP contribution is 2.24. The molecule has 4 nitrogen and oxygen atoms in total. The van der Waals surface area contributed by atoms with Crippen molar-refractivity contribution in [1.82, 2.24) is 10.2 Å². The first-order valence-electron chi connectivity index (χ1n) is 10.3. The second kappa shape index (κ2) is 11.4. The highest BCUT2D eigenvalue weighted by Gasteiger charge is 2.29. The molecule has 0 heterocycles. The van der Waals surface area contributed by atoms with Crippen molar-refractivity contribution < 1.29 is 9.59 Å². The minimum Gasteiger partial charge on any atom is -0.352 e. The molecule has 0 saturated heterocycles. The Labute approximate surface area is 189 Å². The van der Waals surface area contributed by atoms with Crippen molar-refractivity contribution >= 4 is 35.0 Å². The Morgan fingerprint density at radius 3 is 2.33 bits per heavy atom. The molecule has 2 atom stereocenters. The maximum Gasteiger partial charge on any atom is 0.243 e. The number of nitrogens with one attached hydrogen (secondary N) is 1. The summed E-state index contributed by atoms with van der Waals surface area (Å²) in [6.45, 7) is 8.30. The van der Waals surface area contributed by atoms with Crippen molar-refractivity contribution in [2.75, 3.05) is 0 Å². The maximum atomic E-state index is 13.4. The van der Waals surface area contributed by atoms with E-state index in [1.165, 1.54) is 0 Å². The van der Waals surface area contributed by atoms with Crippen LogP contribution in [0, 0.1) is 6.92 Å². The molecule has 162 valence electrons. The van der Waals surface area contributed by atoms with Crippen molar-refractivity contribution in [1.29, 1.82) is 0 Å². The van der Waals surface area contributed by atoms with Crippen LogP contribution in [-0.4, -0.2) is 28.8 Å². The van der Waals surface area contributed by atoms with Gasteiger partial charge in [0.1, 0.15) is 6.04 Å². The molecule has 2 aromatic carbocycles. The van der Waals surface area contributed by atoms with Gasteiger partial charge in [-0.05, 0) is 55.5 Å². The Balaban J connectivity index is 2.33. The summed E-state index contributed by atoms with van der Waals surface area (Å²) in [7, 11) is 0. The average Bonchev–Trinajstić information content (AvgIpc) is 2.71. The van der Waals surface area contributed by atoms with E-state index in [0.717, 1.165) is 23.1 Å². The summed E-state index contributed by atoms with van der Waals surface area (Å²) in [5, 5.41) is 3.88. The number of carbonyl (C=O) groups is 2. The monoisotopic (exact) mass is 448 g/mol. The van der Waals surface area contributed by atoms with E-state index in [1.807, 2.05) is 52.0 Å². The minimum atomic E-state index is -0.547. The number of rotatable bonds is 9. The first-order valence-corrected chi connectivity index (χ1v) is 11.1.